The van der Waals surface area contributed by atoms with E-state index >= 15 is 0 Å². The lowest BCUT2D eigenvalue weighted by Gasteiger charge is -2.17. The smallest absolute Gasteiger partial charge is 0.153 e. The summed E-state index contributed by atoms with van der Waals surface area (Å²) in [6.07, 6.45) is 1.05. The van der Waals surface area contributed by atoms with Crippen LogP contribution in [0.1, 0.15) is 20.3 Å². The quantitative estimate of drug-likeness (QED) is 0.618. The van der Waals surface area contributed by atoms with Gasteiger partial charge in [0.25, 0.3) is 0 Å². The van der Waals surface area contributed by atoms with Gasteiger partial charge >= 0.3 is 0 Å². The Bertz CT molecular complexity index is 250. The van der Waals surface area contributed by atoms with Crippen LogP contribution in [0.5, 0.6) is 0 Å². The number of rotatable bonds is 8. The van der Waals surface area contributed by atoms with Gasteiger partial charge in [0.15, 0.2) is 9.84 Å². The van der Waals surface area contributed by atoms with E-state index in [1.165, 1.54) is 0 Å². The zero-order valence-corrected chi connectivity index (χ0v) is 11.1. The topological polar surface area (TPSA) is 49.4 Å². The lowest BCUT2D eigenvalue weighted by molar-refractivity contribution is 0.346. The van der Waals surface area contributed by atoms with Crippen molar-refractivity contribution in [3.05, 3.63) is 0 Å². The molecule has 0 amide bonds. The molecule has 0 fully saturated rings. The van der Waals surface area contributed by atoms with Crippen molar-refractivity contribution >= 4 is 9.84 Å². The molecule has 15 heavy (non-hydrogen) atoms. The maximum Gasteiger partial charge on any atom is 0.153 e. The van der Waals surface area contributed by atoms with Gasteiger partial charge in [-0.2, -0.15) is 0 Å². The monoisotopic (exact) mass is 236 g/mol. The predicted octanol–water partition coefficient (Wildman–Crippen LogP) is 0.351. The van der Waals surface area contributed by atoms with Crippen molar-refractivity contribution in [3.63, 3.8) is 0 Å². The molecule has 0 radical (unpaired) electrons. The summed E-state index contributed by atoms with van der Waals surface area (Å²) >= 11 is 0. The predicted molar refractivity (Wildman–Crippen MR) is 65.0 cm³/mol. The summed E-state index contributed by atoms with van der Waals surface area (Å²) in [6.45, 7) is 6.01. The number of nitrogens with zero attached hydrogens (tertiary/aromatic N) is 1. The first kappa shape index (κ1) is 14.9. The molecule has 0 atom stereocenters. The lowest BCUT2D eigenvalue weighted by atomic mass is 10.4. The van der Waals surface area contributed by atoms with Crippen molar-refractivity contribution in [3.8, 4) is 0 Å². The van der Waals surface area contributed by atoms with Crippen LogP contribution in [0.3, 0.4) is 0 Å². The molecule has 0 aromatic carbocycles. The zero-order valence-electron chi connectivity index (χ0n) is 10.3. The maximum atomic E-state index is 11.5. The van der Waals surface area contributed by atoms with Crippen molar-refractivity contribution in [1.29, 1.82) is 0 Å². The maximum absolute atomic E-state index is 11.5. The van der Waals surface area contributed by atoms with Gasteiger partial charge in [0.05, 0.1) is 11.0 Å². The van der Waals surface area contributed by atoms with E-state index < -0.39 is 9.84 Å². The molecular formula is C10H24N2O2S. The summed E-state index contributed by atoms with van der Waals surface area (Å²) in [5.41, 5.74) is 0. The molecule has 1 N–H and O–H groups in total. The third-order valence-electron chi connectivity index (χ3n) is 2.44. The fraction of sp³-hybridized carbons (Fsp3) is 1.00. The highest BCUT2D eigenvalue weighted by Crippen LogP contribution is 2.01. The number of hydrogen-bond acceptors (Lipinski definition) is 4. The van der Waals surface area contributed by atoms with Crippen LogP contribution in [0.15, 0.2) is 0 Å². The fourth-order valence-electron chi connectivity index (χ4n) is 1.16. The van der Waals surface area contributed by atoms with Crippen molar-refractivity contribution < 1.29 is 8.42 Å². The van der Waals surface area contributed by atoms with Gasteiger partial charge in [-0.25, -0.2) is 8.42 Å². The van der Waals surface area contributed by atoms with E-state index in [4.69, 9.17) is 0 Å². The van der Waals surface area contributed by atoms with Crippen LogP contribution < -0.4 is 5.32 Å². The van der Waals surface area contributed by atoms with E-state index in [2.05, 4.69) is 10.2 Å². The molecule has 92 valence electrons. The van der Waals surface area contributed by atoms with Crippen molar-refractivity contribution in [2.75, 3.05) is 39.5 Å². The van der Waals surface area contributed by atoms with E-state index in [0.29, 0.717) is 6.54 Å². The number of sulfone groups is 1. The fourth-order valence-corrected chi connectivity index (χ4v) is 2.19. The molecule has 0 bridgehead atoms. The Balaban J connectivity index is 3.76. The minimum Gasteiger partial charge on any atom is -0.320 e. The van der Waals surface area contributed by atoms with Crippen LogP contribution in [-0.4, -0.2) is 58.1 Å². The molecule has 0 rings (SSSR count). The molecule has 0 heterocycles. The number of hydrogen-bond donors (Lipinski definition) is 1. The van der Waals surface area contributed by atoms with Crippen molar-refractivity contribution in [2.45, 2.75) is 25.5 Å². The Morgan fingerprint density at radius 2 is 1.87 bits per heavy atom. The first-order chi connectivity index (χ1) is 6.90. The molecule has 0 aliphatic carbocycles. The molecule has 0 spiro atoms. The van der Waals surface area contributed by atoms with Gasteiger partial charge in [-0.1, -0.05) is 0 Å². The third kappa shape index (κ3) is 6.87. The van der Waals surface area contributed by atoms with Crippen molar-refractivity contribution in [2.24, 2.45) is 0 Å². The second-order valence-corrected chi connectivity index (χ2v) is 6.85. The average molecular weight is 236 g/mol. The van der Waals surface area contributed by atoms with E-state index in [-0.39, 0.29) is 11.0 Å². The van der Waals surface area contributed by atoms with E-state index in [1.807, 2.05) is 14.1 Å². The second-order valence-electron chi connectivity index (χ2n) is 4.18. The van der Waals surface area contributed by atoms with Gasteiger partial charge < -0.3 is 10.2 Å². The van der Waals surface area contributed by atoms with E-state index in [1.54, 1.807) is 13.8 Å². The molecule has 5 heteroatoms. The third-order valence-corrected chi connectivity index (χ3v) is 4.63. The molecule has 4 nitrogen and oxygen atoms in total. The highest BCUT2D eigenvalue weighted by molar-refractivity contribution is 7.92. The molecule has 0 aromatic rings. The van der Waals surface area contributed by atoms with Gasteiger partial charge in [-0.15, -0.1) is 0 Å². The highest BCUT2D eigenvalue weighted by Gasteiger charge is 2.16. The Kier molecular flexibility index (Phi) is 7.13. The summed E-state index contributed by atoms with van der Waals surface area (Å²) in [4.78, 5) is 2.07. The van der Waals surface area contributed by atoms with Crippen LogP contribution in [0, 0.1) is 0 Å². The molecule has 0 saturated carbocycles. The normalized spacial score (nSPS) is 12.7. The van der Waals surface area contributed by atoms with Crippen LogP contribution in [0.25, 0.3) is 0 Å². The largest absolute Gasteiger partial charge is 0.320 e. The summed E-state index contributed by atoms with van der Waals surface area (Å²) in [6, 6.07) is 0. The lowest BCUT2D eigenvalue weighted by Crippen LogP contribution is -2.30. The van der Waals surface area contributed by atoms with Crippen LogP contribution in [-0.2, 0) is 9.84 Å². The van der Waals surface area contributed by atoms with Gasteiger partial charge in [0.1, 0.15) is 0 Å². The first-order valence-electron chi connectivity index (χ1n) is 5.45. The van der Waals surface area contributed by atoms with E-state index in [0.717, 1.165) is 19.5 Å². The van der Waals surface area contributed by atoms with E-state index in [9.17, 15) is 8.42 Å². The molecule has 0 unspecified atom stereocenters. The number of nitrogens with one attached hydrogen (secondary N) is 1. The van der Waals surface area contributed by atoms with Crippen LogP contribution in [0.2, 0.25) is 0 Å². The summed E-state index contributed by atoms with van der Waals surface area (Å²) in [5.74, 6) is 0.265. The Morgan fingerprint density at radius 1 is 1.27 bits per heavy atom. The first-order valence-corrected chi connectivity index (χ1v) is 7.16. The standard InChI is InChI=1S/C10H24N2O2S/c1-10(2)15(13,14)9-8-12(4)7-5-6-11-3/h10-11H,5-9H2,1-4H3. The van der Waals surface area contributed by atoms with Gasteiger partial charge in [-0.3, -0.25) is 0 Å². The minimum atomic E-state index is -2.88. The van der Waals surface area contributed by atoms with Gasteiger partial charge in [-0.05, 0) is 47.5 Å². The Hall–Kier alpha value is -0.130. The van der Waals surface area contributed by atoms with Crippen LogP contribution >= 0.6 is 0 Å². The molecule has 0 aliphatic heterocycles. The molecular weight excluding hydrogens is 212 g/mol. The zero-order chi connectivity index (χ0) is 11.9. The second kappa shape index (κ2) is 7.19. The molecule has 0 aliphatic rings. The Labute approximate surface area is 94.0 Å². The summed E-state index contributed by atoms with van der Waals surface area (Å²) in [7, 11) is 1.00. The van der Waals surface area contributed by atoms with Gasteiger partial charge in [0.2, 0.25) is 0 Å². The highest BCUT2D eigenvalue weighted by atomic mass is 32.2. The average Bonchev–Trinajstić information content (AvgIpc) is 2.15. The van der Waals surface area contributed by atoms with Crippen molar-refractivity contribution in [1.82, 2.24) is 10.2 Å². The minimum absolute atomic E-state index is 0.261. The molecule has 0 aromatic heterocycles. The van der Waals surface area contributed by atoms with Crippen LogP contribution in [0.4, 0.5) is 0 Å². The summed E-state index contributed by atoms with van der Waals surface area (Å²) < 4.78 is 23.1. The Morgan fingerprint density at radius 3 is 2.33 bits per heavy atom. The van der Waals surface area contributed by atoms with Gasteiger partial charge in [0, 0.05) is 6.54 Å². The summed E-state index contributed by atoms with van der Waals surface area (Å²) in [5, 5.41) is 2.81. The SMILES string of the molecule is CNCCCN(C)CCS(=O)(=O)C(C)C. The molecule has 0 saturated heterocycles.